The fourth-order valence-corrected chi connectivity index (χ4v) is 3.60. The number of amides is 2. The van der Waals surface area contributed by atoms with Gasteiger partial charge < -0.3 is 15.0 Å². The highest BCUT2D eigenvalue weighted by Gasteiger charge is 2.31. The van der Waals surface area contributed by atoms with Crippen LogP contribution in [0.25, 0.3) is 0 Å². The van der Waals surface area contributed by atoms with Gasteiger partial charge in [-0.25, -0.2) is 8.78 Å². The molecule has 0 spiro atoms. The zero-order valence-corrected chi connectivity index (χ0v) is 18.1. The van der Waals surface area contributed by atoms with E-state index >= 15 is 0 Å². The van der Waals surface area contributed by atoms with Gasteiger partial charge in [0.05, 0.1) is 18.7 Å². The highest BCUT2D eigenvalue weighted by molar-refractivity contribution is 5.96. The molecule has 0 radical (unpaired) electrons. The van der Waals surface area contributed by atoms with Crippen LogP contribution in [0.3, 0.4) is 0 Å². The van der Waals surface area contributed by atoms with Gasteiger partial charge in [-0.2, -0.15) is 5.10 Å². The number of methoxy groups -OCH3 is 1. The van der Waals surface area contributed by atoms with Crippen molar-refractivity contribution >= 4 is 11.8 Å². The Bertz CT molecular complexity index is 958. The minimum absolute atomic E-state index is 0.110. The lowest BCUT2D eigenvalue weighted by molar-refractivity contribution is 0.0724. The maximum absolute atomic E-state index is 14.1. The number of aryl methyl sites for hydroxylation is 1. The SMILES string of the molecule is COCCNC(=O)c1nn(CCC(C)C)c2c1CN(C(=O)c1cccc(F)c1F)CC2. The van der Waals surface area contributed by atoms with Gasteiger partial charge in [0.15, 0.2) is 17.3 Å². The van der Waals surface area contributed by atoms with E-state index in [1.807, 2.05) is 4.68 Å². The summed E-state index contributed by atoms with van der Waals surface area (Å²) in [4.78, 5) is 27.0. The molecule has 1 N–H and O–H groups in total. The first-order valence-corrected chi connectivity index (χ1v) is 10.4. The molecule has 0 saturated heterocycles. The maximum Gasteiger partial charge on any atom is 0.272 e. The van der Waals surface area contributed by atoms with Gasteiger partial charge in [0, 0.05) is 44.4 Å². The number of benzene rings is 1. The van der Waals surface area contributed by atoms with Gasteiger partial charge >= 0.3 is 0 Å². The highest BCUT2D eigenvalue weighted by Crippen LogP contribution is 2.26. The molecule has 1 aromatic carbocycles. The Morgan fingerprint density at radius 1 is 1.29 bits per heavy atom. The van der Waals surface area contributed by atoms with Crippen molar-refractivity contribution in [3.63, 3.8) is 0 Å². The zero-order valence-electron chi connectivity index (χ0n) is 18.1. The van der Waals surface area contributed by atoms with Gasteiger partial charge in [0.25, 0.3) is 11.8 Å². The number of hydrogen-bond acceptors (Lipinski definition) is 4. The minimum Gasteiger partial charge on any atom is -0.383 e. The van der Waals surface area contributed by atoms with Gasteiger partial charge in [-0.1, -0.05) is 19.9 Å². The second kappa shape index (κ2) is 10.00. The monoisotopic (exact) mass is 434 g/mol. The first-order chi connectivity index (χ1) is 14.8. The van der Waals surface area contributed by atoms with E-state index in [1.54, 1.807) is 7.11 Å². The van der Waals surface area contributed by atoms with Crippen LogP contribution in [-0.2, 0) is 24.2 Å². The van der Waals surface area contributed by atoms with Gasteiger partial charge in [-0.15, -0.1) is 0 Å². The zero-order chi connectivity index (χ0) is 22.5. The van der Waals surface area contributed by atoms with Crippen LogP contribution in [0.1, 0.15) is 52.4 Å². The van der Waals surface area contributed by atoms with Gasteiger partial charge in [0.1, 0.15) is 0 Å². The largest absolute Gasteiger partial charge is 0.383 e. The average Bonchev–Trinajstić information content (AvgIpc) is 3.12. The molecule has 2 aromatic rings. The Morgan fingerprint density at radius 3 is 2.77 bits per heavy atom. The summed E-state index contributed by atoms with van der Waals surface area (Å²) >= 11 is 0. The molecule has 1 aliphatic rings. The van der Waals surface area contributed by atoms with Crippen molar-refractivity contribution in [2.45, 2.75) is 39.8 Å². The van der Waals surface area contributed by atoms with Crippen molar-refractivity contribution in [3.8, 4) is 0 Å². The number of nitrogens with zero attached hydrogens (tertiary/aromatic N) is 3. The summed E-state index contributed by atoms with van der Waals surface area (Å²) in [7, 11) is 1.55. The molecule has 1 aromatic heterocycles. The Hall–Kier alpha value is -2.81. The molecule has 0 saturated carbocycles. The highest BCUT2D eigenvalue weighted by atomic mass is 19.2. The van der Waals surface area contributed by atoms with Crippen molar-refractivity contribution in [2.75, 3.05) is 26.8 Å². The van der Waals surface area contributed by atoms with Crippen LogP contribution < -0.4 is 5.32 Å². The number of ether oxygens (including phenoxy) is 1. The van der Waals surface area contributed by atoms with Gasteiger partial charge in [-0.3, -0.25) is 14.3 Å². The summed E-state index contributed by atoms with van der Waals surface area (Å²) in [5.74, 6) is -2.71. The first kappa shape index (κ1) is 22.9. The lowest BCUT2D eigenvalue weighted by Gasteiger charge is -2.28. The minimum atomic E-state index is -1.16. The summed E-state index contributed by atoms with van der Waals surface area (Å²) in [6.45, 7) is 6.03. The van der Waals surface area contributed by atoms with Crippen molar-refractivity contribution in [1.29, 1.82) is 0 Å². The van der Waals surface area contributed by atoms with E-state index in [9.17, 15) is 18.4 Å². The summed E-state index contributed by atoms with van der Waals surface area (Å²) in [5, 5.41) is 7.30. The number of hydrogen-bond donors (Lipinski definition) is 1. The van der Waals surface area contributed by atoms with Crippen LogP contribution in [0, 0.1) is 17.6 Å². The standard InChI is InChI=1S/C22H28F2N4O3/c1-14(2)7-11-28-18-8-10-27(22(30)15-5-4-6-17(23)19(15)24)13-16(18)20(26-28)21(29)25-9-12-31-3/h4-6,14H,7-13H2,1-3H3,(H,25,29). The molecule has 0 bridgehead atoms. The third kappa shape index (κ3) is 5.10. The Balaban J connectivity index is 1.88. The Morgan fingerprint density at radius 2 is 2.06 bits per heavy atom. The van der Waals surface area contributed by atoms with E-state index in [0.29, 0.717) is 44.1 Å². The van der Waals surface area contributed by atoms with E-state index in [2.05, 4.69) is 24.3 Å². The number of rotatable bonds is 8. The van der Waals surface area contributed by atoms with E-state index in [1.165, 1.54) is 17.0 Å². The second-order valence-corrected chi connectivity index (χ2v) is 8.01. The predicted molar refractivity (Wildman–Crippen MR) is 111 cm³/mol. The van der Waals surface area contributed by atoms with Crippen LogP contribution in [0.15, 0.2) is 18.2 Å². The lowest BCUT2D eigenvalue weighted by Crippen LogP contribution is -2.38. The van der Waals surface area contributed by atoms with E-state index in [0.717, 1.165) is 18.2 Å². The second-order valence-electron chi connectivity index (χ2n) is 8.01. The molecule has 0 aliphatic carbocycles. The maximum atomic E-state index is 14.1. The molecule has 0 fully saturated rings. The van der Waals surface area contributed by atoms with Crippen LogP contribution in [0.4, 0.5) is 8.78 Å². The number of nitrogens with one attached hydrogen (secondary N) is 1. The topological polar surface area (TPSA) is 76.5 Å². The molecular weight excluding hydrogens is 406 g/mol. The Labute approximate surface area is 180 Å². The predicted octanol–water partition coefficient (Wildman–Crippen LogP) is 2.78. The molecule has 9 heteroatoms. The van der Waals surface area contributed by atoms with Crippen LogP contribution >= 0.6 is 0 Å². The first-order valence-electron chi connectivity index (χ1n) is 10.4. The molecule has 3 rings (SSSR count). The molecule has 0 unspecified atom stereocenters. The van der Waals surface area contributed by atoms with Crippen LogP contribution in [0.2, 0.25) is 0 Å². The summed E-state index contributed by atoms with van der Waals surface area (Å²) < 4.78 is 34.6. The molecule has 168 valence electrons. The van der Waals surface area contributed by atoms with E-state index < -0.39 is 17.5 Å². The van der Waals surface area contributed by atoms with Crippen LogP contribution in [0.5, 0.6) is 0 Å². The number of halogens is 2. The molecule has 2 heterocycles. The van der Waals surface area contributed by atoms with Crippen molar-refractivity contribution < 1.29 is 23.1 Å². The van der Waals surface area contributed by atoms with Gasteiger partial charge in [0.2, 0.25) is 0 Å². The Kier molecular flexibility index (Phi) is 7.37. The van der Waals surface area contributed by atoms with Crippen molar-refractivity contribution in [2.24, 2.45) is 5.92 Å². The lowest BCUT2D eigenvalue weighted by atomic mass is 10.0. The van der Waals surface area contributed by atoms with Gasteiger partial charge in [-0.05, 0) is 24.5 Å². The average molecular weight is 434 g/mol. The van der Waals surface area contributed by atoms with Crippen molar-refractivity contribution in [3.05, 3.63) is 52.3 Å². The summed E-state index contributed by atoms with van der Waals surface area (Å²) in [5.41, 5.74) is 1.49. The molecule has 0 atom stereocenters. The molecule has 1 aliphatic heterocycles. The molecule has 31 heavy (non-hydrogen) atoms. The normalized spacial score (nSPS) is 13.4. The van der Waals surface area contributed by atoms with E-state index in [4.69, 9.17) is 4.74 Å². The third-order valence-electron chi connectivity index (χ3n) is 5.33. The fraction of sp³-hybridized carbons (Fsp3) is 0.500. The summed E-state index contributed by atoms with van der Waals surface area (Å²) in [6, 6.07) is 3.54. The third-order valence-corrected chi connectivity index (χ3v) is 5.33. The number of fused-ring (bicyclic) bond motifs is 1. The molecular formula is C22H28F2N4O3. The van der Waals surface area contributed by atoms with Crippen LogP contribution in [-0.4, -0.2) is 53.3 Å². The summed E-state index contributed by atoms with van der Waals surface area (Å²) in [6.07, 6.45) is 1.38. The molecule has 7 nitrogen and oxygen atoms in total. The quantitative estimate of drug-likeness (QED) is 0.649. The smallest absolute Gasteiger partial charge is 0.272 e. The molecule has 2 amide bonds. The van der Waals surface area contributed by atoms with Crippen molar-refractivity contribution in [1.82, 2.24) is 20.0 Å². The number of carbonyl (C=O) groups excluding carboxylic acids is 2. The van der Waals surface area contributed by atoms with E-state index in [-0.39, 0.29) is 23.7 Å². The number of aromatic nitrogens is 2. The fourth-order valence-electron chi connectivity index (χ4n) is 3.60. The number of carbonyl (C=O) groups is 2.